The largest absolute Gasteiger partial charge is 0.327 e. The van der Waals surface area contributed by atoms with Crippen LogP contribution in [0, 0.1) is 0 Å². The number of H-pyrrole nitrogens is 1. The molecule has 2 aliphatic heterocycles. The maximum absolute atomic E-state index is 13.0. The number of sulfonamides is 1. The van der Waals surface area contributed by atoms with Gasteiger partial charge in [0.25, 0.3) is 11.5 Å². The van der Waals surface area contributed by atoms with Gasteiger partial charge in [-0.25, -0.2) is 13.4 Å². The molecule has 9 nitrogen and oxygen atoms in total. The van der Waals surface area contributed by atoms with Gasteiger partial charge >= 0.3 is 0 Å². The third-order valence-corrected chi connectivity index (χ3v) is 6.73. The summed E-state index contributed by atoms with van der Waals surface area (Å²) in [7, 11) is -3.37. The minimum absolute atomic E-state index is 0.0258. The molecule has 0 radical (unpaired) electrons. The topological polar surface area (TPSA) is 116 Å². The lowest BCUT2D eigenvalue weighted by atomic mass is 10.00. The molecule has 1 saturated heterocycles. The summed E-state index contributed by atoms with van der Waals surface area (Å²) in [6, 6.07) is 4.87. The van der Waals surface area contributed by atoms with E-state index >= 15 is 0 Å². The molecule has 0 aliphatic carbocycles. The molecule has 2 aliphatic rings. The Hall–Kier alpha value is -2.59. The average molecular weight is 417 g/mol. The first-order chi connectivity index (χ1) is 13.8. The molecule has 2 aromatic heterocycles. The van der Waals surface area contributed by atoms with Crippen LogP contribution in [-0.2, 0) is 23.0 Å². The Morgan fingerprint density at radius 2 is 2.07 bits per heavy atom. The minimum Gasteiger partial charge on any atom is -0.327 e. The lowest BCUT2D eigenvalue weighted by Gasteiger charge is -2.35. The number of nitrogens with one attached hydrogen (secondary N) is 1. The van der Waals surface area contributed by atoms with E-state index in [0.29, 0.717) is 48.7 Å². The summed E-state index contributed by atoms with van der Waals surface area (Å²) in [5.41, 5.74) is 1.01. The molecule has 1 fully saturated rings. The van der Waals surface area contributed by atoms with Crippen LogP contribution in [0.1, 0.15) is 52.9 Å². The Kier molecular flexibility index (Phi) is 5.22. The van der Waals surface area contributed by atoms with Crippen molar-refractivity contribution >= 4 is 15.9 Å². The molecule has 10 heteroatoms. The number of carbonyl (C=O) groups is 1. The molecule has 0 aromatic carbocycles. The van der Waals surface area contributed by atoms with Gasteiger partial charge in [-0.2, -0.15) is 4.31 Å². The number of rotatable bonds is 3. The Labute approximate surface area is 168 Å². The number of amides is 1. The van der Waals surface area contributed by atoms with E-state index in [0.717, 1.165) is 19.1 Å². The SMILES string of the molecule is CS(=O)(=O)N1CCc2nc(C3CCCCN3C(=O)c3ccccn3)[nH]c(=O)c2C1. The highest BCUT2D eigenvalue weighted by atomic mass is 32.2. The van der Waals surface area contributed by atoms with Crippen LogP contribution in [0.4, 0.5) is 0 Å². The van der Waals surface area contributed by atoms with Crippen LogP contribution in [0.15, 0.2) is 29.2 Å². The van der Waals surface area contributed by atoms with Gasteiger partial charge in [-0.05, 0) is 31.4 Å². The first-order valence-corrected chi connectivity index (χ1v) is 11.5. The van der Waals surface area contributed by atoms with Crippen molar-refractivity contribution in [3.8, 4) is 0 Å². The van der Waals surface area contributed by atoms with E-state index in [1.54, 1.807) is 29.3 Å². The van der Waals surface area contributed by atoms with E-state index in [2.05, 4.69) is 15.0 Å². The van der Waals surface area contributed by atoms with Crippen molar-refractivity contribution in [2.75, 3.05) is 19.3 Å². The Morgan fingerprint density at radius 3 is 2.79 bits per heavy atom. The predicted octanol–water partition coefficient (Wildman–Crippen LogP) is 0.850. The van der Waals surface area contributed by atoms with Crippen LogP contribution in [-0.4, -0.2) is 57.8 Å². The number of pyridine rings is 1. The summed E-state index contributed by atoms with van der Waals surface area (Å²) in [4.78, 5) is 39.0. The Bertz CT molecular complexity index is 1080. The second kappa shape index (κ2) is 7.68. The molecule has 0 saturated carbocycles. The number of aromatic nitrogens is 3. The first-order valence-electron chi connectivity index (χ1n) is 9.63. The molecule has 1 amide bonds. The smallest absolute Gasteiger partial charge is 0.273 e. The van der Waals surface area contributed by atoms with Gasteiger partial charge in [0.2, 0.25) is 10.0 Å². The fourth-order valence-corrected chi connectivity index (χ4v) is 4.74. The molecule has 0 bridgehead atoms. The summed E-state index contributed by atoms with van der Waals surface area (Å²) in [5, 5.41) is 0. The standard InChI is InChI=1S/C19H23N5O4S/c1-29(27,28)23-11-8-14-13(12-23)18(25)22-17(21-14)16-7-3-5-10-24(16)19(26)15-6-2-4-9-20-15/h2,4,6,9,16H,3,5,7-8,10-12H2,1H3,(H,21,22,25). The maximum atomic E-state index is 13.0. The van der Waals surface area contributed by atoms with Gasteiger partial charge in [-0.15, -0.1) is 0 Å². The van der Waals surface area contributed by atoms with Crippen LogP contribution >= 0.6 is 0 Å². The average Bonchev–Trinajstić information content (AvgIpc) is 2.73. The van der Waals surface area contributed by atoms with Crippen LogP contribution in [0.2, 0.25) is 0 Å². The van der Waals surface area contributed by atoms with Crippen molar-refractivity contribution in [3.05, 3.63) is 57.5 Å². The highest BCUT2D eigenvalue weighted by Crippen LogP contribution is 2.30. The molecule has 4 rings (SSSR count). The summed E-state index contributed by atoms with van der Waals surface area (Å²) in [6.45, 7) is 0.893. The van der Waals surface area contributed by atoms with Crippen molar-refractivity contribution in [1.82, 2.24) is 24.2 Å². The quantitative estimate of drug-likeness (QED) is 0.791. The Balaban J connectivity index is 1.66. The molecule has 1 N–H and O–H groups in total. The van der Waals surface area contributed by atoms with Crippen molar-refractivity contribution in [3.63, 3.8) is 0 Å². The number of fused-ring (bicyclic) bond motifs is 1. The minimum atomic E-state index is -3.37. The van der Waals surface area contributed by atoms with Crippen molar-refractivity contribution < 1.29 is 13.2 Å². The second-order valence-electron chi connectivity index (χ2n) is 7.45. The van der Waals surface area contributed by atoms with Crippen LogP contribution < -0.4 is 5.56 Å². The van der Waals surface area contributed by atoms with E-state index < -0.39 is 10.0 Å². The van der Waals surface area contributed by atoms with Crippen molar-refractivity contribution in [2.24, 2.45) is 0 Å². The summed E-state index contributed by atoms with van der Waals surface area (Å²) < 4.78 is 24.9. The summed E-state index contributed by atoms with van der Waals surface area (Å²) >= 11 is 0. The predicted molar refractivity (Wildman–Crippen MR) is 106 cm³/mol. The van der Waals surface area contributed by atoms with Gasteiger partial charge in [-0.1, -0.05) is 6.07 Å². The second-order valence-corrected chi connectivity index (χ2v) is 9.43. The van der Waals surface area contributed by atoms with Gasteiger partial charge < -0.3 is 9.88 Å². The molecular formula is C19H23N5O4S. The highest BCUT2D eigenvalue weighted by Gasteiger charge is 2.33. The number of likely N-dealkylation sites (tertiary alicyclic amines) is 1. The number of hydrogen-bond donors (Lipinski definition) is 1. The zero-order valence-corrected chi connectivity index (χ0v) is 17.0. The fourth-order valence-electron chi connectivity index (χ4n) is 3.96. The van der Waals surface area contributed by atoms with Crippen LogP contribution in [0.3, 0.4) is 0 Å². The molecule has 0 spiro atoms. The zero-order chi connectivity index (χ0) is 20.6. The van der Waals surface area contributed by atoms with Gasteiger partial charge in [-0.3, -0.25) is 14.6 Å². The van der Waals surface area contributed by atoms with E-state index in [1.165, 1.54) is 4.31 Å². The normalized spacial score (nSPS) is 20.3. The molecular weight excluding hydrogens is 394 g/mol. The summed E-state index contributed by atoms with van der Waals surface area (Å²) in [5.74, 6) is 0.282. The number of aromatic amines is 1. The molecule has 1 atom stereocenters. The number of piperidine rings is 1. The first kappa shape index (κ1) is 19.7. The third-order valence-electron chi connectivity index (χ3n) is 5.48. The van der Waals surface area contributed by atoms with Gasteiger partial charge in [0, 0.05) is 32.3 Å². The van der Waals surface area contributed by atoms with Crippen LogP contribution in [0.5, 0.6) is 0 Å². The van der Waals surface area contributed by atoms with E-state index in [-0.39, 0.29) is 24.1 Å². The van der Waals surface area contributed by atoms with E-state index in [9.17, 15) is 18.0 Å². The van der Waals surface area contributed by atoms with Crippen molar-refractivity contribution in [2.45, 2.75) is 38.3 Å². The van der Waals surface area contributed by atoms with Crippen molar-refractivity contribution in [1.29, 1.82) is 0 Å². The number of hydrogen-bond acceptors (Lipinski definition) is 6. The number of nitrogens with zero attached hydrogens (tertiary/aromatic N) is 4. The van der Waals surface area contributed by atoms with Crippen LogP contribution in [0.25, 0.3) is 0 Å². The Morgan fingerprint density at radius 1 is 1.24 bits per heavy atom. The number of carbonyl (C=O) groups excluding carboxylic acids is 1. The van der Waals surface area contributed by atoms with E-state index in [4.69, 9.17) is 0 Å². The zero-order valence-electron chi connectivity index (χ0n) is 16.2. The van der Waals surface area contributed by atoms with Gasteiger partial charge in [0.15, 0.2) is 0 Å². The molecule has 2 aromatic rings. The monoisotopic (exact) mass is 417 g/mol. The molecule has 4 heterocycles. The molecule has 154 valence electrons. The lowest BCUT2D eigenvalue weighted by molar-refractivity contribution is 0.0592. The molecule has 1 unspecified atom stereocenters. The fraction of sp³-hybridized carbons (Fsp3) is 0.474. The molecule has 29 heavy (non-hydrogen) atoms. The lowest BCUT2D eigenvalue weighted by Crippen LogP contribution is -2.42. The highest BCUT2D eigenvalue weighted by molar-refractivity contribution is 7.88. The van der Waals surface area contributed by atoms with Gasteiger partial charge in [0.1, 0.15) is 11.5 Å². The third kappa shape index (κ3) is 3.95. The maximum Gasteiger partial charge on any atom is 0.273 e. The van der Waals surface area contributed by atoms with E-state index in [1.807, 2.05) is 0 Å². The summed E-state index contributed by atoms with van der Waals surface area (Å²) in [6.07, 6.45) is 5.61. The van der Waals surface area contributed by atoms with Gasteiger partial charge in [0.05, 0.1) is 23.6 Å².